The molecule has 1 aromatic rings. The molecule has 10 heteroatoms. The number of ether oxygens (including phenoxy) is 1. The number of fused-ring (bicyclic) bond motifs is 1. The maximum atomic E-state index is 14.0. The van der Waals surface area contributed by atoms with Crippen molar-refractivity contribution < 1.29 is 19.1 Å². The zero-order chi connectivity index (χ0) is 25.8. The van der Waals surface area contributed by atoms with Crippen molar-refractivity contribution in [2.24, 2.45) is 11.7 Å². The van der Waals surface area contributed by atoms with E-state index in [1.807, 2.05) is 52.0 Å². The molecular weight excluding hydrogens is 484 g/mol. The Hall–Kier alpha value is -1.75. The Morgan fingerprint density at radius 1 is 1.26 bits per heavy atom. The number of benzene rings is 1. The predicted molar refractivity (Wildman–Crippen MR) is 142 cm³/mol. The number of hydrogen-bond acceptors (Lipinski definition) is 8. The number of nitrogens with zero attached hydrogens (tertiary/aromatic N) is 1. The van der Waals surface area contributed by atoms with Crippen LogP contribution in [0.4, 0.5) is 0 Å². The van der Waals surface area contributed by atoms with E-state index in [0.29, 0.717) is 25.9 Å². The number of carbonyl (C=O) groups excluding carboxylic acids is 3. The van der Waals surface area contributed by atoms with Gasteiger partial charge >= 0.3 is 5.97 Å². The maximum absolute atomic E-state index is 14.0. The first kappa shape index (κ1) is 27.8. The van der Waals surface area contributed by atoms with Crippen LogP contribution < -0.4 is 16.4 Å². The highest BCUT2D eigenvalue weighted by Gasteiger charge is 2.44. The largest absolute Gasteiger partial charge is 0.467 e. The van der Waals surface area contributed by atoms with Gasteiger partial charge in [-0.15, -0.1) is 0 Å². The third-order valence-corrected chi connectivity index (χ3v) is 9.82. The van der Waals surface area contributed by atoms with E-state index in [1.54, 1.807) is 26.5 Å². The van der Waals surface area contributed by atoms with Crippen molar-refractivity contribution in [1.82, 2.24) is 15.5 Å². The van der Waals surface area contributed by atoms with Gasteiger partial charge in [0, 0.05) is 36.1 Å². The Morgan fingerprint density at radius 2 is 1.94 bits per heavy atom. The summed E-state index contributed by atoms with van der Waals surface area (Å²) in [6.45, 7) is 8.90. The summed E-state index contributed by atoms with van der Waals surface area (Å²) < 4.78 is 4.52. The average Bonchev–Trinajstić information content (AvgIpc) is 2.80. The molecule has 35 heavy (non-hydrogen) atoms. The minimum atomic E-state index is -0.762. The Labute approximate surface area is 216 Å². The topological polar surface area (TPSA) is 114 Å². The van der Waals surface area contributed by atoms with E-state index in [9.17, 15) is 14.4 Å². The Bertz CT molecular complexity index is 926. The highest BCUT2D eigenvalue weighted by Crippen LogP contribution is 2.40. The van der Waals surface area contributed by atoms with Crippen LogP contribution in [0.2, 0.25) is 0 Å². The van der Waals surface area contributed by atoms with Crippen LogP contribution in [0.3, 0.4) is 0 Å². The minimum absolute atomic E-state index is 0.0584. The molecule has 2 aliphatic rings. The van der Waals surface area contributed by atoms with Crippen molar-refractivity contribution in [3.8, 4) is 0 Å². The third kappa shape index (κ3) is 6.93. The molecule has 2 aliphatic heterocycles. The van der Waals surface area contributed by atoms with Gasteiger partial charge in [0.2, 0.25) is 11.8 Å². The van der Waals surface area contributed by atoms with Gasteiger partial charge in [-0.2, -0.15) is 0 Å². The summed E-state index contributed by atoms with van der Waals surface area (Å²) in [5.74, 6) is 0.0281. The minimum Gasteiger partial charge on any atom is -0.467 e. The molecule has 3 rings (SSSR count). The van der Waals surface area contributed by atoms with Crippen LogP contribution in [-0.2, 0) is 32.1 Å². The van der Waals surface area contributed by atoms with E-state index in [0.717, 1.165) is 16.9 Å². The van der Waals surface area contributed by atoms with Gasteiger partial charge in [0.25, 0.3) is 0 Å². The Balaban J connectivity index is 1.91. The van der Waals surface area contributed by atoms with Crippen molar-refractivity contribution in [2.45, 2.75) is 76.0 Å². The number of rotatable bonds is 6. The van der Waals surface area contributed by atoms with Crippen LogP contribution in [0.15, 0.2) is 24.3 Å². The van der Waals surface area contributed by atoms with Crippen molar-refractivity contribution in [3.63, 3.8) is 0 Å². The monoisotopic (exact) mass is 522 g/mol. The summed E-state index contributed by atoms with van der Waals surface area (Å²) in [5, 5.41) is 6.26. The average molecular weight is 523 g/mol. The number of methoxy groups -OCH3 is 1. The van der Waals surface area contributed by atoms with Crippen molar-refractivity contribution >= 4 is 39.4 Å². The second-order valence-electron chi connectivity index (χ2n) is 10.2. The molecule has 4 N–H and O–H groups in total. The molecule has 0 unspecified atom stereocenters. The molecule has 194 valence electrons. The van der Waals surface area contributed by atoms with Gasteiger partial charge in [0.05, 0.1) is 7.11 Å². The zero-order valence-electron chi connectivity index (χ0n) is 21.2. The SMILES string of the molecule is COC(=O)[C@H](CC(C)C)NC(=O)[C@@H]1Cc2ccccc2CN1C(=O)[C@H]1NC[C@@H](N)CSSC1(C)C. The van der Waals surface area contributed by atoms with Crippen LogP contribution in [0.5, 0.6) is 0 Å². The van der Waals surface area contributed by atoms with E-state index in [2.05, 4.69) is 10.6 Å². The molecular formula is C25H38N4O4S2. The van der Waals surface area contributed by atoms with Gasteiger partial charge in [0.15, 0.2) is 0 Å². The highest BCUT2D eigenvalue weighted by atomic mass is 33.1. The zero-order valence-corrected chi connectivity index (χ0v) is 22.8. The fourth-order valence-corrected chi connectivity index (χ4v) is 7.40. The molecule has 4 atom stereocenters. The number of carbonyl (C=O) groups is 3. The number of hydrogen-bond donors (Lipinski definition) is 3. The first-order chi connectivity index (χ1) is 16.5. The second-order valence-corrected chi connectivity index (χ2v) is 13.2. The molecule has 2 heterocycles. The molecule has 1 saturated heterocycles. The van der Waals surface area contributed by atoms with Gasteiger partial charge in [-0.05, 0) is 37.3 Å². The first-order valence-electron chi connectivity index (χ1n) is 12.1. The lowest BCUT2D eigenvalue weighted by Gasteiger charge is -2.43. The Kier molecular flexibility index (Phi) is 9.53. The lowest BCUT2D eigenvalue weighted by atomic mass is 9.91. The van der Waals surface area contributed by atoms with Crippen molar-refractivity contribution in [3.05, 3.63) is 35.4 Å². The predicted octanol–water partition coefficient (Wildman–Crippen LogP) is 2.10. The lowest BCUT2D eigenvalue weighted by Crippen LogP contribution is -2.63. The molecule has 1 aromatic carbocycles. The fraction of sp³-hybridized carbons (Fsp3) is 0.640. The summed E-state index contributed by atoms with van der Waals surface area (Å²) >= 11 is 0. The third-order valence-electron chi connectivity index (χ3n) is 6.43. The van der Waals surface area contributed by atoms with Crippen LogP contribution in [0, 0.1) is 5.92 Å². The van der Waals surface area contributed by atoms with Gasteiger partial charge in [-0.3, -0.25) is 9.59 Å². The number of nitrogens with two attached hydrogens (primary N) is 1. The van der Waals surface area contributed by atoms with E-state index in [4.69, 9.17) is 10.5 Å². The van der Waals surface area contributed by atoms with Gasteiger partial charge < -0.3 is 26.0 Å². The molecule has 8 nitrogen and oxygen atoms in total. The molecule has 0 bridgehead atoms. The molecule has 0 spiro atoms. The number of amides is 2. The molecule has 0 aliphatic carbocycles. The molecule has 2 amide bonds. The molecule has 0 radical (unpaired) electrons. The smallest absolute Gasteiger partial charge is 0.328 e. The first-order valence-corrected chi connectivity index (χ1v) is 14.4. The normalized spacial score (nSPS) is 25.1. The number of esters is 1. The molecule has 0 saturated carbocycles. The summed E-state index contributed by atoms with van der Waals surface area (Å²) in [5.41, 5.74) is 8.24. The van der Waals surface area contributed by atoms with E-state index < -0.39 is 28.8 Å². The molecule has 1 fully saturated rings. The van der Waals surface area contributed by atoms with Crippen LogP contribution >= 0.6 is 21.6 Å². The van der Waals surface area contributed by atoms with Gasteiger partial charge in [-0.1, -0.05) is 59.7 Å². The van der Waals surface area contributed by atoms with Crippen molar-refractivity contribution in [1.29, 1.82) is 0 Å². The summed E-state index contributed by atoms with van der Waals surface area (Å²) in [4.78, 5) is 41.7. The lowest BCUT2D eigenvalue weighted by molar-refractivity contribution is -0.148. The van der Waals surface area contributed by atoms with Crippen LogP contribution in [0.1, 0.15) is 45.2 Å². The quantitative estimate of drug-likeness (QED) is 0.385. The molecule has 0 aromatic heterocycles. The van der Waals surface area contributed by atoms with Crippen LogP contribution in [0.25, 0.3) is 0 Å². The van der Waals surface area contributed by atoms with Crippen molar-refractivity contribution in [2.75, 3.05) is 19.4 Å². The van der Waals surface area contributed by atoms with E-state index >= 15 is 0 Å². The summed E-state index contributed by atoms with van der Waals surface area (Å²) in [6.07, 6.45) is 0.844. The Morgan fingerprint density at radius 3 is 2.60 bits per heavy atom. The van der Waals surface area contributed by atoms with Gasteiger partial charge in [0.1, 0.15) is 18.1 Å². The standard InChI is InChI=1S/C25H38N4O4S2/c1-15(2)10-19(24(32)33-5)28-22(30)20-11-16-8-6-7-9-17(16)13-29(20)23(31)21-25(3,4)35-34-14-18(26)12-27-21/h6-9,15,18-21,27H,10-14,26H2,1-5H3,(H,28,30)/t18-,19+,20+,21-/m1/s1. The van der Waals surface area contributed by atoms with E-state index in [-0.39, 0.29) is 23.8 Å². The number of nitrogens with one attached hydrogen (secondary N) is 2. The fourth-order valence-electron chi connectivity index (χ4n) is 4.53. The van der Waals surface area contributed by atoms with Crippen LogP contribution in [-0.4, -0.2) is 71.0 Å². The van der Waals surface area contributed by atoms with Gasteiger partial charge in [-0.25, -0.2) is 4.79 Å². The summed E-state index contributed by atoms with van der Waals surface area (Å²) in [7, 11) is 4.64. The van der Waals surface area contributed by atoms with E-state index in [1.165, 1.54) is 7.11 Å². The maximum Gasteiger partial charge on any atom is 0.328 e. The second kappa shape index (κ2) is 12.0. The summed E-state index contributed by atoms with van der Waals surface area (Å²) in [6, 6.07) is 5.81. The highest BCUT2D eigenvalue weighted by molar-refractivity contribution is 8.77.